The second-order valence-corrected chi connectivity index (χ2v) is 6.92. The molecule has 1 unspecified atom stereocenters. The van der Waals surface area contributed by atoms with E-state index in [0.29, 0.717) is 10.8 Å². The molecule has 0 fully saturated rings. The lowest BCUT2D eigenvalue weighted by Gasteiger charge is -2.22. The summed E-state index contributed by atoms with van der Waals surface area (Å²) in [5.41, 5.74) is 0. The first-order chi connectivity index (χ1) is 7.43. The Morgan fingerprint density at radius 3 is 2.62 bits per heavy atom. The van der Waals surface area contributed by atoms with Gasteiger partial charge in [-0.25, -0.2) is 8.42 Å². The van der Waals surface area contributed by atoms with Crippen molar-refractivity contribution in [1.29, 1.82) is 0 Å². The highest BCUT2D eigenvalue weighted by molar-refractivity contribution is 7.89. The van der Waals surface area contributed by atoms with Crippen LogP contribution in [0, 0.1) is 0 Å². The summed E-state index contributed by atoms with van der Waals surface area (Å²) in [6, 6.07) is 1.65. The van der Waals surface area contributed by atoms with Crippen molar-refractivity contribution in [3.8, 4) is 0 Å². The van der Waals surface area contributed by atoms with Crippen LogP contribution in [0.3, 0.4) is 0 Å². The zero-order valence-electron chi connectivity index (χ0n) is 9.60. The molecule has 0 aromatic carbocycles. The topological polar surface area (TPSA) is 37.4 Å². The third-order valence-corrected chi connectivity index (χ3v) is 6.13. The van der Waals surface area contributed by atoms with Crippen LogP contribution in [0.4, 0.5) is 0 Å². The molecule has 16 heavy (non-hydrogen) atoms. The van der Waals surface area contributed by atoms with Gasteiger partial charge in [-0.05, 0) is 19.4 Å². The number of sulfonamides is 1. The fourth-order valence-corrected chi connectivity index (χ4v) is 4.04. The molecule has 0 amide bonds. The molecule has 1 atom stereocenters. The lowest BCUT2D eigenvalue weighted by Crippen LogP contribution is -2.34. The van der Waals surface area contributed by atoms with Crippen LogP contribution in [-0.2, 0) is 15.9 Å². The Hall–Kier alpha value is -0.100. The second kappa shape index (κ2) is 5.49. The van der Waals surface area contributed by atoms with Crippen molar-refractivity contribution in [2.45, 2.75) is 37.1 Å². The minimum Gasteiger partial charge on any atom is -0.207 e. The summed E-state index contributed by atoms with van der Waals surface area (Å²) in [6.45, 7) is 3.86. The molecule has 1 heterocycles. The van der Waals surface area contributed by atoms with Crippen LogP contribution >= 0.6 is 22.9 Å². The predicted molar refractivity (Wildman–Crippen MR) is 68.6 cm³/mol. The van der Waals surface area contributed by atoms with Crippen molar-refractivity contribution in [2.24, 2.45) is 0 Å². The third kappa shape index (κ3) is 2.77. The molecule has 0 bridgehead atoms. The van der Waals surface area contributed by atoms with Crippen molar-refractivity contribution in [1.82, 2.24) is 4.31 Å². The minimum atomic E-state index is -3.35. The van der Waals surface area contributed by atoms with E-state index in [1.807, 2.05) is 13.8 Å². The number of nitrogens with zero attached hydrogens (tertiary/aromatic N) is 1. The summed E-state index contributed by atoms with van der Waals surface area (Å²) in [4.78, 5) is 1.22. The lowest BCUT2D eigenvalue weighted by molar-refractivity contribution is 0.381. The number of halogens is 1. The van der Waals surface area contributed by atoms with Crippen molar-refractivity contribution in [3.63, 3.8) is 0 Å². The SMILES string of the molecule is CCC(C)N(C)S(=O)(=O)c1csc(CCl)c1. The van der Waals surface area contributed by atoms with Gasteiger partial charge in [-0.15, -0.1) is 22.9 Å². The van der Waals surface area contributed by atoms with Gasteiger partial charge in [0, 0.05) is 23.3 Å². The summed E-state index contributed by atoms with van der Waals surface area (Å²) in [6.07, 6.45) is 0.794. The second-order valence-electron chi connectivity index (χ2n) is 3.66. The molecule has 92 valence electrons. The molecule has 6 heteroatoms. The Kier molecular flexibility index (Phi) is 4.79. The van der Waals surface area contributed by atoms with E-state index in [0.717, 1.165) is 11.3 Å². The van der Waals surface area contributed by atoms with Gasteiger partial charge in [-0.2, -0.15) is 4.31 Å². The van der Waals surface area contributed by atoms with E-state index in [1.165, 1.54) is 15.6 Å². The van der Waals surface area contributed by atoms with Gasteiger partial charge in [-0.3, -0.25) is 0 Å². The normalized spacial score (nSPS) is 14.3. The Balaban J connectivity index is 3.01. The molecule has 0 aliphatic carbocycles. The van der Waals surface area contributed by atoms with Crippen molar-refractivity contribution >= 4 is 33.0 Å². The quantitative estimate of drug-likeness (QED) is 0.778. The van der Waals surface area contributed by atoms with E-state index in [-0.39, 0.29) is 6.04 Å². The molecule has 0 radical (unpaired) electrons. The summed E-state index contributed by atoms with van der Waals surface area (Å²) in [5, 5.41) is 1.64. The first-order valence-corrected chi connectivity index (χ1v) is 7.90. The fraction of sp³-hybridized carbons (Fsp3) is 0.600. The molecule has 1 rings (SSSR count). The van der Waals surface area contributed by atoms with Crippen molar-refractivity contribution in [2.75, 3.05) is 7.05 Å². The van der Waals surface area contributed by atoms with E-state index in [9.17, 15) is 8.42 Å². The van der Waals surface area contributed by atoms with Crippen molar-refractivity contribution < 1.29 is 8.42 Å². The maximum Gasteiger partial charge on any atom is 0.243 e. The molecule has 3 nitrogen and oxygen atoms in total. The standard InChI is InChI=1S/C10H16ClNO2S2/c1-4-8(2)12(3)16(13,14)10-5-9(6-11)15-7-10/h5,7-8H,4,6H2,1-3H3. The van der Waals surface area contributed by atoms with E-state index < -0.39 is 10.0 Å². The maximum atomic E-state index is 12.2. The smallest absolute Gasteiger partial charge is 0.207 e. The van der Waals surface area contributed by atoms with Gasteiger partial charge in [-0.1, -0.05) is 6.92 Å². The van der Waals surface area contributed by atoms with Crippen LogP contribution in [0.25, 0.3) is 0 Å². The predicted octanol–water partition coefficient (Wildman–Crippen LogP) is 2.91. The first kappa shape index (κ1) is 14.0. The molecule has 0 aliphatic rings. The number of thiophene rings is 1. The van der Waals surface area contributed by atoms with Crippen LogP contribution in [0.15, 0.2) is 16.3 Å². The lowest BCUT2D eigenvalue weighted by atomic mass is 10.3. The van der Waals surface area contributed by atoms with Crippen LogP contribution < -0.4 is 0 Å². The molecule has 1 aromatic heterocycles. The van der Waals surface area contributed by atoms with E-state index in [2.05, 4.69) is 0 Å². The fourth-order valence-electron chi connectivity index (χ4n) is 1.23. The summed E-state index contributed by atoms with van der Waals surface area (Å²) in [7, 11) is -1.74. The summed E-state index contributed by atoms with van der Waals surface area (Å²) < 4.78 is 25.7. The van der Waals surface area contributed by atoms with Crippen LogP contribution in [0.5, 0.6) is 0 Å². The third-order valence-electron chi connectivity index (χ3n) is 2.65. The Bertz CT molecular complexity index is 441. The number of hydrogen-bond acceptors (Lipinski definition) is 3. The van der Waals surface area contributed by atoms with Gasteiger partial charge in [0.2, 0.25) is 10.0 Å². The average Bonchev–Trinajstić information content (AvgIpc) is 2.75. The zero-order chi connectivity index (χ0) is 12.3. The molecule has 0 aliphatic heterocycles. The summed E-state index contributed by atoms with van der Waals surface area (Å²) in [5.74, 6) is 0.354. The highest BCUT2D eigenvalue weighted by atomic mass is 35.5. The van der Waals surface area contributed by atoms with Crippen LogP contribution in [-0.4, -0.2) is 25.8 Å². The average molecular weight is 282 g/mol. The van der Waals surface area contributed by atoms with Gasteiger partial charge in [0.15, 0.2) is 0 Å². The van der Waals surface area contributed by atoms with E-state index in [4.69, 9.17) is 11.6 Å². The Morgan fingerprint density at radius 1 is 1.56 bits per heavy atom. The zero-order valence-corrected chi connectivity index (χ0v) is 12.0. The van der Waals surface area contributed by atoms with Gasteiger partial charge >= 0.3 is 0 Å². The molecule has 0 saturated carbocycles. The van der Waals surface area contributed by atoms with Crippen molar-refractivity contribution in [3.05, 3.63) is 16.3 Å². The maximum absolute atomic E-state index is 12.2. The highest BCUT2D eigenvalue weighted by Crippen LogP contribution is 2.24. The monoisotopic (exact) mass is 281 g/mol. The van der Waals surface area contributed by atoms with Gasteiger partial charge < -0.3 is 0 Å². The first-order valence-electron chi connectivity index (χ1n) is 5.04. The van der Waals surface area contributed by atoms with Crippen LogP contribution in [0.1, 0.15) is 25.1 Å². The molecular formula is C10H16ClNO2S2. The summed E-state index contributed by atoms with van der Waals surface area (Å²) >= 11 is 7.04. The largest absolute Gasteiger partial charge is 0.243 e. The molecule has 1 aromatic rings. The highest BCUT2D eigenvalue weighted by Gasteiger charge is 2.25. The van der Waals surface area contributed by atoms with Gasteiger partial charge in [0.1, 0.15) is 0 Å². The van der Waals surface area contributed by atoms with Gasteiger partial charge in [0.25, 0.3) is 0 Å². The van der Waals surface area contributed by atoms with E-state index >= 15 is 0 Å². The Morgan fingerprint density at radius 2 is 2.19 bits per heavy atom. The van der Waals surface area contributed by atoms with Gasteiger partial charge in [0.05, 0.1) is 10.8 Å². The molecule has 0 saturated heterocycles. The van der Waals surface area contributed by atoms with Crippen LogP contribution in [0.2, 0.25) is 0 Å². The Labute approximate surface area is 106 Å². The molecular weight excluding hydrogens is 266 g/mol. The van der Waals surface area contributed by atoms with E-state index in [1.54, 1.807) is 18.5 Å². The molecule has 0 spiro atoms. The number of alkyl halides is 1. The molecule has 0 N–H and O–H groups in total. The number of rotatable bonds is 5. The minimum absolute atomic E-state index is 0.00403. The number of hydrogen-bond donors (Lipinski definition) is 0.